The van der Waals surface area contributed by atoms with Gasteiger partial charge in [0, 0.05) is 11.6 Å². The zero-order valence-electron chi connectivity index (χ0n) is 7.29. The van der Waals surface area contributed by atoms with E-state index >= 15 is 0 Å². The van der Waals surface area contributed by atoms with Crippen molar-refractivity contribution in [3.8, 4) is 0 Å². The summed E-state index contributed by atoms with van der Waals surface area (Å²) in [6, 6.07) is 8.18. The molecule has 0 aromatic heterocycles. The minimum atomic E-state index is 0. The number of hydrogen-bond acceptors (Lipinski definition) is 1. The molecule has 1 aliphatic rings. The van der Waals surface area contributed by atoms with Crippen LogP contribution in [0.4, 0.5) is 0 Å². The highest BCUT2D eigenvalue weighted by Gasteiger charge is 2.15. The first kappa shape index (κ1) is 10.8. The monoisotopic (exact) mass is 217 g/mol. The third-order valence-electron chi connectivity index (χ3n) is 2.40. The van der Waals surface area contributed by atoms with Gasteiger partial charge in [0.05, 0.1) is 0 Å². The highest BCUT2D eigenvalue weighted by molar-refractivity contribution is 6.30. The SMILES string of the molecule is Cl.Clc1ccc(C2CCNC2)cc1. The largest absolute Gasteiger partial charge is 0.316 e. The van der Waals surface area contributed by atoms with Gasteiger partial charge in [-0.25, -0.2) is 0 Å². The van der Waals surface area contributed by atoms with Crippen LogP contribution in [0.15, 0.2) is 24.3 Å². The Kier molecular flexibility index (Phi) is 4.04. The topological polar surface area (TPSA) is 12.0 Å². The molecule has 1 N–H and O–H groups in total. The molecule has 0 spiro atoms. The molecule has 0 saturated carbocycles. The van der Waals surface area contributed by atoms with Crippen molar-refractivity contribution in [2.75, 3.05) is 13.1 Å². The van der Waals surface area contributed by atoms with E-state index in [-0.39, 0.29) is 12.4 Å². The van der Waals surface area contributed by atoms with Gasteiger partial charge in [0.25, 0.3) is 0 Å². The van der Waals surface area contributed by atoms with Crippen LogP contribution in [0.5, 0.6) is 0 Å². The first-order chi connectivity index (χ1) is 5.86. The van der Waals surface area contributed by atoms with Gasteiger partial charge in [-0.05, 0) is 36.6 Å². The summed E-state index contributed by atoms with van der Waals surface area (Å²) in [6.45, 7) is 2.26. The lowest BCUT2D eigenvalue weighted by Crippen LogP contribution is -2.07. The fourth-order valence-electron chi connectivity index (χ4n) is 1.67. The molecule has 0 aliphatic carbocycles. The molecule has 1 saturated heterocycles. The Morgan fingerprint density at radius 3 is 2.46 bits per heavy atom. The minimum absolute atomic E-state index is 0. The third-order valence-corrected chi connectivity index (χ3v) is 2.65. The highest BCUT2D eigenvalue weighted by atomic mass is 35.5. The fraction of sp³-hybridized carbons (Fsp3) is 0.400. The zero-order chi connectivity index (χ0) is 8.39. The van der Waals surface area contributed by atoms with Crippen LogP contribution in [-0.4, -0.2) is 13.1 Å². The van der Waals surface area contributed by atoms with E-state index in [9.17, 15) is 0 Å². The lowest BCUT2D eigenvalue weighted by Gasteiger charge is -2.07. The van der Waals surface area contributed by atoms with E-state index in [1.165, 1.54) is 12.0 Å². The Labute approximate surface area is 89.9 Å². The lowest BCUT2D eigenvalue weighted by molar-refractivity contribution is 0.763. The Morgan fingerprint density at radius 1 is 1.23 bits per heavy atom. The molecular formula is C10H13Cl2N. The van der Waals surface area contributed by atoms with Crippen LogP contribution in [0.3, 0.4) is 0 Å². The molecule has 1 nitrogen and oxygen atoms in total. The third kappa shape index (κ3) is 2.60. The van der Waals surface area contributed by atoms with E-state index in [4.69, 9.17) is 11.6 Å². The maximum atomic E-state index is 5.80. The predicted molar refractivity (Wildman–Crippen MR) is 58.9 cm³/mol. The van der Waals surface area contributed by atoms with Crippen molar-refractivity contribution in [2.24, 2.45) is 0 Å². The average Bonchev–Trinajstić information content (AvgIpc) is 2.58. The Balaban J connectivity index is 0.000000845. The van der Waals surface area contributed by atoms with Crippen LogP contribution in [0.2, 0.25) is 5.02 Å². The second-order valence-electron chi connectivity index (χ2n) is 3.24. The molecule has 1 heterocycles. The van der Waals surface area contributed by atoms with Gasteiger partial charge >= 0.3 is 0 Å². The first-order valence-electron chi connectivity index (χ1n) is 4.32. The number of benzene rings is 1. The molecular weight excluding hydrogens is 205 g/mol. The van der Waals surface area contributed by atoms with E-state index in [1.54, 1.807) is 0 Å². The number of nitrogens with one attached hydrogen (secondary N) is 1. The van der Waals surface area contributed by atoms with Crippen LogP contribution in [0, 0.1) is 0 Å². The summed E-state index contributed by atoms with van der Waals surface area (Å²) in [5, 5.41) is 4.18. The summed E-state index contributed by atoms with van der Waals surface area (Å²) in [4.78, 5) is 0. The van der Waals surface area contributed by atoms with Crippen molar-refractivity contribution in [3.05, 3.63) is 34.9 Å². The molecule has 1 unspecified atom stereocenters. The summed E-state index contributed by atoms with van der Waals surface area (Å²) < 4.78 is 0. The van der Waals surface area contributed by atoms with Crippen LogP contribution in [0.25, 0.3) is 0 Å². The van der Waals surface area contributed by atoms with Crippen molar-refractivity contribution in [2.45, 2.75) is 12.3 Å². The van der Waals surface area contributed by atoms with Crippen LogP contribution in [-0.2, 0) is 0 Å². The predicted octanol–water partition coefficient (Wildman–Crippen LogP) is 2.84. The van der Waals surface area contributed by atoms with E-state index < -0.39 is 0 Å². The number of hydrogen-bond donors (Lipinski definition) is 1. The Morgan fingerprint density at radius 2 is 1.92 bits per heavy atom. The molecule has 0 radical (unpaired) electrons. The molecule has 72 valence electrons. The van der Waals surface area contributed by atoms with E-state index in [0.717, 1.165) is 18.1 Å². The van der Waals surface area contributed by atoms with Crippen LogP contribution < -0.4 is 5.32 Å². The second-order valence-corrected chi connectivity index (χ2v) is 3.68. The van der Waals surface area contributed by atoms with Crippen molar-refractivity contribution in [1.82, 2.24) is 5.32 Å². The number of rotatable bonds is 1. The van der Waals surface area contributed by atoms with E-state index in [2.05, 4.69) is 17.4 Å². The molecule has 2 rings (SSSR count). The quantitative estimate of drug-likeness (QED) is 0.764. The molecule has 1 aromatic rings. The van der Waals surface area contributed by atoms with Crippen molar-refractivity contribution < 1.29 is 0 Å². The summed E-state index contributed by atoms with van der Waals surface area (Å²) in [5.74, 6) is 0.697. The van der Waals surface area contributed by atoms with Crippen LogP contribution in [0.1, 0.15) is 17.9 Å². The smallest absolute Gasteiger partial charge is 0.0406 e. The minimum Gasteiger partial charge on any atom is -0.316 e. The maximum absolute atomic E-state index is 5.80. The van der Waals surface area contributed by atoms with Gasteiger partial charge in [-0.2, -0.15) is 0 Å². The zero-order valence-corrected chi connectivity index (χ0v) is 8.87. The molecule has 0 bridgehead atoms. The van der Waals surface area contributed by atoms with Crippen molar-refractivity contribution in [3.63, 3.8) is 0 Å². The van der Waals surface area contributed by atoms with Crippen molar-refractivity contribution in [1.29, 1.82) is 0 Å². The standard InChI is InChI=1S/C10H12ClN.ClH/c11-10-3-1-8(2-4-10)9-5-6-12-7-9;/h1-4,9,12H,5-7H2;1H. The van der Waals surface area contributed by atoms with Gasteiger partial charge in [0.15, 0.2) is 0 Å². The highest BCUT2D eigenvalue weighted by Crippen LogP contribution is 2.23. The van der Waals surface area contributed by atoms with Gasteiger partial charge in [0.1, 0.15) is 0 Å². The summed E-state index contributed by atoms with van der Waals surface area (Å²) >= 11 is 5.80. The van der Waals surface area contributed by atoms with Gasteiger partial charge in [-0.3, -0.25) is 0 Å². The normalized spacial score (nSPS) is 21.2. The first-order valence-corrected chi connectivity index (χ1v) is 4.70. The fourth-order valence-corrected chi connectivity index (χ4v) is 1.80. The lowest BCUT2D eigenvalue weighted by atomic mass is 9.99. The Hall–Kier alpha value is -0.240. The van der Waals surface area contributed by atoms with E-state index in [1.807, 2.05) is 12.1 Å². The van der Waals surface area contributed by atoms with Gasteiger partial charge in [-0.1, -0.05) is 23.7 Å². The molecule has 1 aliphatic heterocycles. The molecule has 1 fully saturated rings. The van der Waals surface area contributed by atoms with Gasteiger partial charge in [-0.15, -0.1) is 12.4 Å². The summed E-state index contributed by atoms with van der Waals surface area (Å²) in [6.07, 6.45) is 1.25. The molecule has 0 amide bonds. The summed E-state index contributed by atoms with van der Waals surface area (Å²) in [5.41, 5.74) is 1.41. The second kappa shape index (κ2) is 4.85. The average molecular weight is 218 g/mol. The molecule has 13 heavy (non-hydrogen) atoms. The van der Waals surface area contributed by atoms with E-state index in [0.29, 0.717) is 5.92 Å². The van der Waals surface area contributed by atoms with Gasteiger partial charge < -0.3 is 5.32 Å². The molecule has 1 aromatic carbocycles. The van der Waals surface area contributed by atoms with Gasteiger partial charge in [0.2, 0.25) is 0 Å². The van der Waals surface area contributed by atoms with Crippen molar-refractivity contribution >= 4 is 24.0 Å². The van der Waals surface area contributed by atoms with Crippen LogP contribution >= 0.6 is 24.0 Å². The molecule has 1 atom stereocenters. The summed E-state index contributed by atoms with van der Waals surface area (Å²) in [7, 11) is 0. The number of halogens is 2. The molecule has 3 heteroatoms. The maximum Gasteiger partial charge on any atom is 0.0406 e. The Bertz CT molecular complexity index is 252.